The Kier molecular flexibility index (Phi) is 3.19. The molecule has 1 aromatic carbocycles. The predicted molar refractivity (Wildman–Crippen MR) is 61.2 cm³/mol. The molecule has 1 unspecified atom stereocenters. The molecule has 0 aromatic heterocycles. The second kappa shape index (κ2) is 4.63. The van der Waals surface area contributed by atoms with Gasteiger partial charge in [0.25, 0.3) is 0 Å². The normalized spacial score (nSPS) is 17.8. The summed E-state index contributed by atoms with van der Waals surface area (Å²) in [6, 6.07) is 3.58. The molecule has 1 aromatic rings. The van der Waals surface area contributed by atoms with E-state index in [0.717, 1.165) is 17.5 Å². The highest BCUT2D eigenvalue weighted by molar-refractivity contribution is 5.66. The summed E-state index contributed by atoms with van der Waals surface area (Å²) in [5.74, 6) is -0.493. The van der Waals surface area contributed by atoms with Gasteiger partial charge in [0, 0.05) is 11.6 Å². The van der Waals surface area contributed by atoms with Crippen molar-refractivity contribution in [3.05, 3.63) is 23.3 Å². The lowest BCUT2D eigenvalue weighted by atomic mass is 10.1. The van der Waals surface area contributed by atoms with E-state index in [2.05, 4.69) is 0 Å². The first-order valence-electron chi connectivity index (χ1n) is 5.52. The van der Waals surface area contributed by atoms with Crippen LogP contribution in [0.5, 0.6) is 11.5 Å². The molecule has 1 aliphatic carbocycles. The molecule has 1 atom stereocenters. The summed E-state index contributed by atoms with van der Waals surface area (Å²) in [6.45, 7) is 0.0493. The van der Waals surface area contributed by atoms with Gasteiger partial charge >= 0.3 is 5.97 Å². The average Bonchev–Trinajstić information content (AvgIpc) is 2.63. The summed E-state index contributed by atoms with van der Waals surface area (Å²) in [5.41, 5.74) is 7.68. The Bertz CT molecular complexity index is 444. The largest absolute Gasteiger partial charge is 0.504 e. The number of carbonyl (C=O) groups is 1. The molecular formula is C12H15NO4. The fraction of sp³-hybridized carbons (Fsp3) is 0.417. The van der Waals surface area contributed by atoms with Crippen molar-refractivity contribution < 1.29 is 19.7 Å². The summed E-state index contributed by atoms with van der Waals surface area (Å²) >= 11 is 0. The summed E-state index contributed by atoms with van der Waals surface area (Å²) in [6.07, 6.45) is 1.31. The zero-order valence-corrected chi connectivity index (χ0v) is 9.35. The maximum absolute atomic E-state index is 10.3. The molecule has 5 heteroatoms. The van der Waals surface area contributed by atoms with Crippen molar-refractivity contribution in [1.82, 2.24) is 0 Å². The first-order chi connectivity index (χ1) is 8.08. The first-order valence-corrected chi connectivity index (χ1v) is 5.52. The van der Waals surface area contributed by atoms with Crippen LogP contribution in [0.25, 0.3) is 0 Å². The van der Waals surface area contributed by atoms with E-state index in [0.29, 0.717) is 12.2 Å². The molecule has 0 bridgehead atoms. The van der Waals surface area contributed by atoms with Gasteiger partial charge in [-0.3, -0.25) is 4.79 Å². The third-order valence-corrected chi connectivity index (χ3v) is 2.86. The molecule has 92 valence electrons. The highest BCUT2D eigenvalue weighted by atomic mass is 16.5. The summed E-state index contributed by atoms with van der Waals surface area (Å²) in [5, 5.41) is 18.5. The molecule has 0 amide bonds. The van der Waals surface area contributed by atoms with Crippen molar-refractivity contribution in [3.63, 3.8) is 0 Å². The zero-order chi connectivity index (χ0) is 12.4. The number of aliphatic carboxylic acids is 1. The Morgan fingerprint density at radius 2 is 2.24 bits per heavy atom. The van der Waals surface area contributed by atoms with Crippen LogP contribution in [0.3, 0.4) is 0 Å². The molecule has 0 fully saturated rings. The number of aromatic hydroxyl groups is 1. The maximum atomic E-state index is 10.3. The Morgan fingerprint density at radius 1 is 1.47 bits per heavy atom. The van der Waals surface area contributed by atoms with Crippen LogP contribution in [0.2, 0.25) is 0 Å². The number of nitrogens with two attached hydrogens (primary N) is 1. The van der Waals surface area contributed by atoms with Crippen molar-refractivity contribution in [2.75, 3.05) is 6.61 Å². The number of ether oxygens (including phenoxy) is 1. The summed E-state index contributed by atoms with van der Waals surface area (Å²) < 4.78 is 5.24. The minimum absolute atomic E-state index is 0.0465. The minimum Gasteiger partial charge on any atom is -0.504 e. The van der Waals surface area contributed by atoms with Crippen LogP contribution in [0.4, 0.5) is 0 Å². The Morgan fingerprint density at radius 3 is 2.94 bits per heavy atom. The Hall–Kier alpha value is -1.75. The Balaban J connectivity index is 2.10. The van der Waals surface area contributed by atoms with E-state index in [9.17, 15) is 9.90 Å². The second-order valence-electron chi connectivity index (χ2n) is 4.21. The van der Waals surface area contributed by atoms with Gasteiger partial charge in [-0.25, -0.2) is 0 Å². The number of benzene rings is 1. The lowest BCUT2D eigenvalue weighted by Gasteiger charge is -2.10. The smallest absolute Gasteiger partial charge is 0.306 e. The molecule has 0 radical (unpaired) electrons. The lowest BCUT2D eigenvalue weighted by Crippen LogP contribution is -2.19. The van der Waals surface area contributed by atoms with Gasteiger partial charge in [-0.15, -0.1) is 0 Å². The Labute approximate surface area is 98.8 Å². The van der Waals surface area contributed by atoms with Crippen molar-refractivity contribution in [3.8, 4) is 11.5 Å². The minimum atomic E-state index is -0.923. The van der Waals surface area contributed by atoms with Crippen LogP contribution in [0.15, 0.2) is 12.1 Å². The number of carboxylic acid groups (broad SMARTS) is 1. The molecule has 4 N–H and O–H groups in total. The number of phenols is 1. The number of phenolic OH excluding ortho intramolecular Hbond substituents is 1. The van der Waals surface area contributed by atoms with Crippen molar-refractivity contribution in [1.29, 1.82) is 0 Å². The van der Waals surface area contributed by atoms with Crippen LogP contribution in [0, 0.1) is 0 Å². The molecule has 5 nitrogen and oxygen atoms in total. The van der Waals surface area contributed by atoms with E-state index in [1.54, 1.807) is 6.07 Å². The van der Waals surface area contributed by atoms with Crippen molar-refractivity contribution >= 4 is 5.97 Å². The molecule has 0 heterocycles. The van der Waals surface area contributed by atoms with Crippen LogP contribution in [-0.2, 0) is 17.6 Å². The van der Waals surface area contributed by atoms with Gasteiger partial charge in [0.15, 0.2) is 11.5 Å². The fourth-order valence-electron chi connectivity index (χ4n) is 2.06. The summed E-state index contributed by atoms with van der Waals surface area (Å²) in [7, 11) is 0. The fourth-order valence-corrected chi connectivity index (χ4v) is 2.06. The SMILES string of the molecule is NC1Cc2ccc(OCCC(=O)O)c(O)c2C1. The quantitative estimate of drug-likeness (QED) is 0.715. The number of hydrogen-bond donors (Lipinski definition) is 3. The maximum Gasteiger partial charge on any atom is 0.306 e. The second-order valence-corrected chi connectivity index (χ2v) is 4.21. The van der Waals surface area contributed by atoms with Crippen molar-refractivity contribution in [2.24, 2.45) is 5.73 Å². The number of hydrogen-bond acceptors (Lipinski definition) is 4. The number of rotatable bonds is 4. The molecule has 0 spiro atoms. The molecule has 0 saturated heterocycles. The molecule has 17 heavy (non-hydrogen) atoms. The van der Waals surface area contributed by atoms with Gasteiger partial charge in [-0.1, -0.05) is 6.07 Å². The third-order valence-electron chi connectivity index (χ3n) is 2.86. The predicted octanol–water partition coefficient (Wildman–Crippen LogP) is 0.672. The van der Waals surface area contributed by atoms with E-state index >= 15 is 0 Å². The van der Waals surface area contributed by atoms with Gasteiger partial charge in [0.05, 0.1) is 13.0 Å². The van der Waals surface area contributed by atoms with Crippen LogP contribution in [0.1, 0.15) is 17.5 Å². The molecule has 2 rings (SSSR count). The zero-order valence-electron chi connectivity index (χ0n) is 9.35. The number of fused-ring (bicyclic) bond motifs is 1. The van der Waals surface area contributed by atoms with E-state index in [1.165, 1.54) is 0 Å². The highest BCUT2D eigenvalue weighted by Gasteiger charge is 2.23. The first kappa shape index (κ1) is 11.7. The van der Waals surface area contributed by atoms with Crippen LogP contribution < -0.4 is 10.5 Å². The van der Waals surface area contributed by atoms with Gasteiger partial charge in [0.1, 0.15) is 0 Å². The molecular weight excluding hydrogens is 222 g/mol. The molecule has 0 saturated carbocycles. The monoisotopic (exact) mass is 237 g/mol. The molecule has 0 aliphatic heterocycles. The van der Waals surface area contributed by atoms with Crippen LogP contribution >= 0.6 is 0 Å². The topological polar surface area (TPSA) is 92.8 Å². The van der Waals surface area contributed by atoms with Crippen molar-refractivity contribution in [2.45, 2.75) is 25.3 Å². The van der Waals surface area contributed by atoms with E-state index < -0.39 is 5.97 Å². The van der Waals surface area contributed by atoms with Gasteiger partial charge < -0.3 is 20.7 Å². The van der Waals surface area contributed by atoms with Crippen LogP contribution in [-0.4, -0.2) is 28.8 Å². The highest BCUT2D eigenvalue weighted by Crippen LogP contribution is 2.37. The van der Waals surface area contributed by atoms with E-state index in [1.807, 2.05) is 6.07 Å². The van der Waals surface area contributed by atoms with Gasteiger partial charge in [-0.05, 0) is 24.5 Å². The number of carboxylic acids is 1. The average molecular weight is 237 g/mol. The van der Waals surface area contributed by atoms with Gasteiger partial charge in [-0.2, -0.15) is 0 Å². The third kappa shape index (κ3) is 2.50. The standard InChI is InChI=1S/C12H15NO4/c13-8-5-7-1-2-10(12(16)9(7)6-8)17-4-3-11(14)15/h1-2,8,16H,3-6,13H2,(H,14,15). The van der Waals surface area contributed by atoms with Gasteiger partial charge in [0.2, 0.25) is 0 Å². The summed E-state index contributed by atoms with van der Waals surface area (Å²) in [4.78, 5) is 10.3. The van der Waals surface area contributed by atoms with E-state index in [-0.39, 0.29) is 24.8 Å². The lowest BCUT2D eigenvalue weighted by molar-refractivity contribution is -0.137. The van der Waals surface area contributed by atoms with E-state index in [4.69, 9.17) is 15.6 Å². The molecule has 1 aliphatic rings.